The second-order valence-corrected chi connectivity index (χ2v) is 11.2. The normalized spacial score (nSPS) is 17.0. The highest BCUT2D eigenvalue weighted by molar-refractivity contribution is 7.89. The van der Waals surface area contributed by atoms with Gasteiger partial charge >= 0.3 is 5.97 Å². The molecule has 1 saturated heterocycles. The van der Waals surface area contributed by atoms with Gasteiger partial charge in [0.2, 0.25) is 15.9 Å². The Labute approximate surface area is 198 Å². The molecule has 1 amide bonds. The Morgan fingerprint density at radius 1 is 1.21 bits per heavy atom. The standard InChI is InChI=1S/C23H29N3O5S2/c1-3-26(16(2)27)23-24-20(15-32-23)14-31-22(28)18-9-11-25(12-10-18)33(29,30)21-8-7-17-5-4-6-19(17)13-21/h7-8,13,15,18H,3-6,9-12,14H2,1-2H3. The minimum absolute atomic E-state index is 0.0401. The second-order valence-electron chi connectivity index (χ2n) is 8.45. The topological polar surface area (TPSA) is 96.9 Å². The predicted octanol–water partition coefficient (Wildman–Crippen LogP) is 3.15. The highest BCUT2D eigenvalue weighted by Gasteiger charge is 2.33. The van der Waals surface area contributed by atoms with Gasteiger partial charge in [-0.3, -0.25) is 14.5 Å². The molecule has 8 nitrogen and oxygen atoms in total. The number of piperidine rings is 1. The summed E-state index contributed by atoms with van der Waals surface area (Å²) >= 11 is 1.34. The summed E-state index contributed by atoms with van der Waals surface area (Å²) < 4.78 is 33.1. The van der Waals surface area contributed by atoms with Crippen molar-refractivity contribution >= 4 is 38.4 Å². The molecule has 178 valence electrons. The Morgan fingerprint density at radius 2 is 1.94 bits per heavy atom. The van der Waals surface area contributed by atoms with Gasteiger partial charge in [-0.05, 0) is 62.3 Å². The quantitative estimate of drug-likeness (QED) is 0.552. The molecule has 1 aromatic carbocycles. The number of hydrogen-bond donors (Lipinski definition) is 0. The molecule has 1 aliphatic heterocycles. The fourth-order valence-electron chi connectivity index (χ4n) is 4.43. The third-order valence-corrected chi connectivity index (χ3v) is 9.13. The summed E-state index contributed by atoms with van der Waals surface area (Å²) in [6, 6.07) is 5.44. The van der Waals surface area contributed by atoms with Gasteiger partial charge in [0.25, 0.3) is 0 Å². The van der Waals surface area contributed by atoms with Crippen molar-refractivity contribution in [3.8, 4) is 0 Å². The van der Waals surface area contributed by atoms with Crippen LogP contribution in [0.25, 0.3) is 0 Å². The Hall–Kier alpha value is -2.30. The number of esters is 1. The maximum atomic E-state index is 13.1. The minimum Gasteiger partial charge on any atom is -0.459 e. The Kier molecular flexibility index (Phi) is 7.16. The van der Waals surface area contributed by atoms with E-state index in [9.17, 15) is 18.0 Å². The summed E-state index contributed by atoms with van der Waals surface area (Å²) in [6.45, 7) is 4.52. The number of amides is 1. The number of carbonyl (C=O) groups is 2. The molecule has 4 rings (SSSR count). The van der Waals surface area contributed by atoms with Crippen LogP contribution in [-0.2, 0) is 43.8 Å². The number of aryl methyl sites for hydroxylation is 2. The molecule has 10 heteroatoms. The van der Waals surface area contributed by atoms with Gasteiger partial charge in [-0.1, -0.05) is 6.07 Å². The molecular formula is C23H29N3O5S2. The van der Waals surface area contributed by atoms with E-state index in [1.165, 1.54) is 28.1 Å². The van der Waals surface area contributed by atoms with Crippen LogP contribution in [0.2, 0.25) is 0 Å². The van der Waals surface area contributed by atoms with Crippen molar-refractivity contribution in [2.24, 2.45) is 5.92 Å². The molecule has 0 N–H and O–H groups in total. The molecule has 1 aliphatic carbocycles. The van der Waals surface area contributed by atoms with Gasteiger partial charge in [0, 0.05) is 31.9 Å². The van der Waals surface area contributed by atoms with E-state index in [2.05, 4.69) is 4.98 Å². The smallest absolute Gasteiger partial charge is 0.309 e. The molecule has 2 aromatic rings. The van der Waals surface area contributed by atoms with Crippen molar-refractivity contribution in [3.05, 3.63) is 40.4 Å². The Balaban J connectivity index is 1.30. The van der Waals surface area contributed by atoms with Gasteiger partial charge in [0.15, 0.2) is 5.13 Å². The molecule has 0 bridgehead atoms. The summed E-state index contributed by atoms with van der Waals surface area (Å²) in [4.78, 5) is 30.5. The van der Waals surface area contributed by atoms with Crippen molar-refractivity contribution in [2.45, 2.75) is 57.5 Å². The summed E-state index contributed by atoms with van der Waals surface area (Å²) in [7, 11) is -3.56. The van der Waals surface area contributed by atoms with Crippen LogP contribution in [0.15, 0.2) is 28.5 Å². The first kappa shape index (κ1) is 23.8. The van der Waals surface area contributed by atoms with Crippen LogP contribution < -0.4 is 4.90 Å². The average Bonchev–Trinajstić information content (AvgIpc) is 3.47. The molecule has 0 saturated carbocycles. The number of benzene rings is 1. The first-order valence-electron chi connectivity index (χ1n) is 11.3. The number of carbonyl (C=O) groups excluding carboxylic acids is 2. The fraction of sp³-hybridized carbons (Fsp3) is 0.522. The number of thiazole rings is 1. The third kappa shape index (κ3) is 5.12. The van der Waals surface area contributed by atoms with Gasteiger partial charge in [-0.25, -0.2) is 13.4 Å². The van der Waals surface area contributed by atoms with E-state index in [-0.39, 0.29) is 24.4 Å². The number of nitrogens with zero attached hydrogens (tertiary/aromatic N) is 3. The molecule has 0 radical (unpaired) electrons. The van der Waals surface area contributed by atoms with Gasteiger partial charge in [0.1, 0.15) is 6.61 Å². The lowest BCUT2D eigenvalue weighted by molar-refractivity contribution is -0.151. The van der Waals surface area contributed by atoms with E-state index >= 15 is 0 Å². The van der Waals surface area contributed by atoms with Gasteiger partial charge in [-0.2, -0.15) is 4.31 Å². The van der Waals surface area contributed by atoms with Crippen LogP contribution in [0.3, 0.4) is 0 Å². The SMILES string of the molecule is CCN(C(C)=O)c1nc(COC(=O)C2CCN(S(=O)(=O)c3ccc4c(c3)CCC4)CC2)cs1. The van der Waals surface area contributed by atoms with Gasteiger partial charge in [-0.15, -0.1) is 11.3 Å². The lowest BCUT2D eigenvalue weighted by atomic mass is 9.98. The average molecular weight is 492 g/mol. The van der Waals surface area contributed by atoms with Crippen molar-refractivity contribution in [1.82, 2.24) is 9.29 Å². The van der Waals surface area contributed by atoms with Crippen molar-refractivity contribution in [2.75, 3.05) is 24.5 Å². The zero-order chi connectivity index (χ0) is 23.6. The lowest BCUT2D eigenvalue weighted by Crippen LogP contribution is -2.40. The van der Waals surface area contributed by atoms with Crippen molar-refractivity contribution in [1.29, 1.82) is 0 Å². The summed E-state index contributed by atoms with van der Waals surface area (Å²) in [5.74, 6) is -0.756. The third-order valence-electron chi connectivity index (χ3n) is 6.32. The Morgan fingerprint density at radius 3 is 2.64 bits per heavy atom. The van der Waals surface area contributed by atoms with Crippen molar-refractivity contribution < 1.29 is 22.7 Å². The van der Waals surface area contributed by atoms with Crippen LogP contribution in [0, 0.1) is 5.92 Å². The molecule has 0 spiro atoms. The van der Waals surface area contributed by atoms with Crippen LogP contribution in [0.4, 0.5) is 5.13 Å². The number of aromatic nitrogens is 1. The lowest BCUT2D eigenvalue weighted by Gasteiger charge is -2.30. The first-order valence-corrected chi connectivity index (χ1v) is 13.6. The van der Waals surface area contributed by atoms with Crippen LogP contribution in [-0.4, -0.2) is 49.2 Å². The first-order chi connectivity index (χ1) is 15.8. The number of sulfonamides is 1. The predicted molar refractivity (Wildman–Crippen MR) is 126 cm³/mol. The van der Waals surface area contributed by atoms with E-state index < -0.39 is 10.0 Å². The molecule has 2 heterocycles. The summed E-state index contributed by atoms with van der Waals surface area (Å²) in [6.07, 6.45) is 3.87. The number of fused-ring (bicyclic) bond motifs is 1. The Bertz CT molecular complexity index is 1140. The summed E-state index contributed by atoms with van der Waals surface area (Å²) in [5.41, 5.74) is 2.97. The largest absolute Gasteiger partial charge is 0.459 e. The molecule has 1 aromatic heterocycles. The van der Waals surface area contributed by atoms with Crippen molar-refractivity contribution in [3.63, 3.8) is 0 Å². The summed E-state index contributed by atoms with van der Waals surface area (Å²) in [5, 5.41) is 2.36. The fourth-order valence-corrected chi connectivity index (χ4v) is 6.87. The number of rotatable bonds is 7. The van der Waals surface area contributed by atoms with Gasteiger partial charge in [0.05, 0.1) is 16.5 Å². The van der Waals surface area contributed by atoms with Gasteiger partial charge < -0.3 is 4.74 Å². The van der Waals surface area contributed by atoms with E-state index in [1.54, 1.807) is 16.3 Å². The molecule has 33 heavy (non-hydrogen) atoms. The molecular weight excluding hydrogens is 462 g/mol. The monoisotopic (exact) mass is 491 g/mol. The maximum absolute atomic E-state index is 13.1. The highest BCUT2D eigenvalue weighted by atomic mass is 32.2. The van der Waals surface area contributed by atoms with E-state index in [1.807, 2.05) is 19.1 Å². The van der Waals surface area contributed by atoms with Crippen LogP contribution in [0.5, 0.6) is 0 Å². The minimum atomic E-state index is -3.56. The van der Waals surface area contributed by atoms with E-state index in [0.29, 0.717) is 48.2 Å². The van der Waals surface area contributed by atoms with Crippen LogP contribution >= 0.6 is 11.3 Å². The number of ether oxygens (including phenoxy) is 1. The molecule has 0 atom stereocenters. The molecule has 2 aliphatic rings. The zero-order valence-corrected chi connectivity index (χ0v) is 20.6. The second kappa shape index (κ2) is 9.90. The van der Waals surface area contributed by atoms with E-state index in [0.717, 1.165) is 24.8 Å². The van der Waals surface area contributed by atoms with Crippen LogP contribution in [0.1, 0.15) is 49.9 Å². The zero-order valence-electron chi connectivity index (χ0n) is 19.0. The maximum Gasteiger partial charge on any atom is 0.309 e. The number of hydrogen-bond acceptors (Lipinski definition) is 7. The highest BCUT2D eigenvalue weighted by Crippen LogP contribution is 2.29. The molecule has 0 unspecified atom stereocenters. The number of anilines is 1. The van der Waals surface area contributed by atoms with E-state index in [4.69, 9.17) is 4.74 Å². The molecule has 1 fully saturated rings.